The Labute approximate surface area is 427 Å². The second-order valence-electron chi connectivity index (χ2n) is 16.7. The van der Waals surface area contributed by atoms with Gasteiger partial charge in [0.1, 0.15) is 33.6 Å². The number of carbonyl (C=O) groups is 4. The first-order chi connectivity index (χ1) is 34.8. The van der Waals surface area contributed by atoms with E-state index in [1.807, 2.05) is 138 Å². The number of halogens is 1. The number of anilines is 1. The van der Waals surface area contributed by atoms with Crippen LogP contribution in [0, 0.1) is 0 Å². The smallest absolute Gasteiger partial charge is 0.357 e. The summed E-state index contributed by atoms with van der Waals surface area (Å²) in [6.07, 6.45) is 9.49. The highest BCUT2D eigenvalue weighted by atomic mass is 35.5. The highest BCUT2D eigenvalue weighted by Gasteiger charge is 2.58. The zero-order valence-electron chi connectivity index (χ0n) is 37.7. The molecule has 17 heteroatoms. The molecule has 1 fully saturated rings. The van der Waals surface area contributed by atoms with Gasteiger partial charge in [-0.25, -0.2) is 9.78 Å². The molecule has 0 saturated carbocycles. The largest absolute Gasteiger partial charge is 0.448 e. The Bertz CT molecular complexity index is 3000. The van der Waals surface area contributed by atoms with Gasteiger partial charge in [0.25, 0.3) is 5.91 Å². The summed E-state index contributed by atoms with van der Waals surface area (Å²) >= 11 is 10.5. The van der Waals surface area contributed by atoms with Crippen molar-refractivity contribution < 1.29 is 28.8 Å². The first-order valence-corrected chi connectivity index (χ1v) is 25.8. The first-order valence-electron chi connectivity index (χ1n) is 22.7. The molecule has 2 aliphatic heterocycles. The number of esters is 1. The number of benzene rings is 5. The number of nitrogens with one attached hydrogen (secondary N) is 2. The Morgan fingerprint density at radius 3 is 2.03 bits per heavy atom. The van der Waals surface area contributed by atoms with Gasteiger partial charge in [0, 0.05) is 17.5 Å². The number of β-lactam (4-membered cyclic amide) rings is 1. The number of amides is 3. The van der Waals surface area contributed by atoms with E-state index >= 15 is 4.79 Å². The van der Waals surface area contributed by atoms with E-state index in [4.69, 9.17) is 31.3 Å². The topological polar surface area (TPSA) is 157 Å². The Kier molecular flexibility index (Phi) is 14.0. The second-order valence-corrected chi connectivity index (χ2v) is 20.7. The summed E-state index contributed by atoms with van der Waals surface area (Å²) in [4.78, 5) is 65.9. The van der Waals surface area contributed by atoms with Crippen molar-refractivity contribution >= 4 is 82.0 Å². The average molecular weight is 1020 g/mol. The number of nitrogens with zero attached hydrogens (tertiary/aromatic N) is 5. The summed E-state index contributed by atoms with van der Waals surface area (Å²) in [6.45, 7) is 0. The van der Waals surface area contributed by atoms with E-state index < -0.39 is 33.8 Å². The predicted molar refractivity (Wildman–Crippen MR) is 277 cm³/mol. The molecule has 4 heterocycles. The summed E-state index contributed by atoms with van der Waals surface area (Å²) < 4.78 is 8.63. The number of thiazole rings is 1. The Morgan fingerprint density at radius 1 is 0.887 bits per heavy atom. The molecule has 2 N–H and O–H groups in total. The first kappa shape index (κ1) is 47.4. The van der Waals surface area contributed by atoms with E-state index in [1.165, 1.54) is 28.4 Å². The minimum Gasteiger partial charge on any atom is -0.448 e. The third-order valence-electron chi connectivity index (χ3n) is 12.3. The molecule has 71 heavy (non-hydrogen) atoms. The van der Waals surface area contributed by atoms with Crippen LogP contribution in [0.15, 0.2) is 192 Å². The van der Waals surface area contributed by atoms with Crippen LogP contribution in [0.3, 0.4) is 0 Å². The fourth-order valence-electron chi connectivity index (χ4n) is 9.09. The monoisotopic (exact) mass is 1020 g/mol. The molecule has 2 unspecified atom stereocenters. The number of hydrogen-bond donors (Lipinski definition) is 2. The van der Waals surface area contributed by atoms with Crippen molar-refractivity contribution in [1.82, 2.24) is 25.0 Å². The summed E-state index contributed by atoms with van der Waals surface area (Å²) in [5.74, 6) is -1.67. The van der Waals surface area contributed by atoms with Crippen molar-refractivity contribution in [2.45, 2.75) is 53.0 Å². The van der Waals surface area contributed by atoms with Crippen LogP contribution in [-0.4, -0.2) is 61.6 Å². The number of rotatable bonds is 18. The zero-order chi connectivity index (χ0) is 48.8. The lowest BCUT2D eigenvalue weighted by Crippen LogP contribution is -2.60. The molecule has 10 rings (SSSR count). The van der Waals surface area contributed by atoms with Crippen molar-refractivity contribution in [3.63, 3.8) is 0 Å². The number of fused-ring (bicyclic) bond motifs is 1. The highest BCUT2D eigenvalue weighted by Crippen LogP contribution is 2.59. The number of ether oxygens (including phenoxy) is 1. The molecular formula is C54H44ClN7O6S3. The van der Waals surface area contributed by atoms with Crippen LogP contribution in [0.4, 0.5) is 5.13 Å². The molecule has 1 aliphatic carbocycles. The molecule has 3 amide bonds. The minimum atomic E-state index is -1.76. The molecule has 2 aromatic heterocycles. The fraction of sp³-hybridized carbons (Fsp3) is 0.167. The molecule has 3 aliphatic rings. The maximum absolute atomic E-state index is 15.4. The van der Waals surface area contributed by atoms with Crippen LogP contribution < -0.4 is 10.6 Å². The van der Waals surface area contributed by atoms with Crippen molar-refractivity contribution in [3.8, 4) is 0 Å². The van der Waals surface area contributed by atoms with Gasteiger partial charge in [0.2, 0.25) is 12.3 Å². The molecule has 7 aromatic rings. The van der Waals surface area contributed by atoms with Crippen LogP contribution in [0.25, 0.3) is 0 Å². The molecule has 3 atom stereocenters. The van der Waals surface area contributed by atoms with Crippen LogP contribution >= 0.6 is 46.5 Å². The number of hydrogen-bond acceptors (Lipinski definition) is 12. The number of thioether (sulfide) groups is 2. The number of oxime groups is 1. The highest BCUT2D eigenvalue weighted by molar-refractivity contribution is 8.06. The van der Waals surface area contributed by atoms with Crippen molar-refractivity contribution in [2.75, 3.05) is 5.32 Å². The van der Waals surface area contributed by atoms with E-state index in [1.54, 1.807) is 6.20 Å². The molecule has 0 radical (unpaired) electrons. The quantitative estimate of drug-likeness (QED) is 0.0161. The van der Waals surface area contributed by atoms with Gasteiger partial charge in [-0.3, -0.25) is 24.0 Å². The summed E-state index contributed by atoms with van der Waals surface area (Å²) in [5, 5.41) is 14.3. The lowest BCUT2D eigenvalue weighted by Gasteiger charge is -2.51. The minimum absolute atomic E-state index is 0.0253. The molecule has 1 saturated heterocycles. The lowest BCUT2D eigenvalue weighted by molar-refractivity contribution is -0.152. The lowest BCUT2D eigenvalue weighted by atomic mass is 9.77. The van der Waals surface area contributed by atoms with E-state index in [-0.39, 0.29) is 49.9 Å². The third kappa shape index (κ3) is 9.43. The van der Waals surface area contributed by atoms with Crippen LogP contribution in [0.1, 0.15) is 64.4 Å². The average Bonchev–Trinajstić information content (AvgIpc) is 4.19. The number of carbonyl (C=O) groups excluding carboxylic acids is 4. The van der Waals surface area contributed by atoms with Crippen LogP contribution in [-0.2, 0) is 44.9 Å². The Hall–Kier alpha value is -7.24. The van der Waals surface area contributed by atoms with Gasteiger partial charge in [0.05, 0.1) is 22.9 Å². The predicted octanol–water partition coefficient (Wildman–Crippen LogP) is 10.2. The maximum atomic E-state index is 15.4. The SMILES string of the molecule is O=CNc1nc(C2(NC(=O)/C=N\OC3C=CCC3)S[C@@H]3CC(=O)N3C(C(=O)OC(c3ccccc3)c3ccccc3)=C2SCc2cnn(C(c3ccccc3)(c3ccccc3)c3ccccc3)c2)c(Cl)s1. The van der Waals surface area contributed by atoms with Crippen molar-refractivity contribution in [2.24, 2.45) is 5.16 Å². The van der Waals surface area contributed by atoms with E-state index in [0.29, 0.717) is 24.0 Å². The molecular weight excluding hydrogens is 974 g/mol. The standard InChI is InChI=1S/C54H44ClN7O6S3/c55-50-48(59-52(70-50)56-35-63)54(60-43(64)32-58-68-42-28-16-17-29-42)49(46(62-44(65)30-45(62)71-54)51(66)67-47(37-18-6-1-7-19-37)38-20-8-2-9-21-38)69-34-36-31-57-61(33-36)53(39-22-10-3-11-23-39,40-24-12-4-13-25-40)41-26-14-5-15-27-41/h1-16,18-28,31-33,35,42,45,47H,17,29-30,34H2,(H,60,64)(H,56,59,63)/b58-32-/t42?,45-,54?/m1/s1. The van der Waals surface area contributed by atoms with Gasteiger partial charge in [-0.05, 0) is 46.7 Å². The van der Waals surface area contributed by atoms with Crippen molar-refractivity contribution in [3.05, 3.63) is 230 Å². The summed E-state index contributed by atoms with van der Waals surface area (Å²) in [7, 11) is 0. The third-order valence-corrected chi connectivity index (χ3v) is 16.4. The molecule has 356 valence electrons. The van der Waals surface area contributed by atoms with E-state index in [0.717, 1.165) is 46.2 Å². The normalized spacial score (nSPS) is 18.6. The number of allylic oxidation sites excluding steroid dienone is 1. The van der Waals surface area contributed by atoms with Gasteiger partial charge in [-0.2, -0.15) is 5.10 Å². The molecule has 0 spiro atoms. The summed E-state index contributed by atoms with van der Waals surface area (Å²) in [5.41, 5.74) is 4.16. The van der Waals surface area contributed by atoms with Gasteiger partial charge in [0.15, 0.2) is 16.1 Å². The molecule has 0 bridgehead atoms. The second kappa shape index (κ2) is 21.0. The van der Waals surface area contributed by atoms with Gasteiger partial charge in [-0.1, -0.05) is 198 Å². The van der Waals surface area contributed by atoms with Crippen LogP contribution in [0.2, 0.25) is 4.34 Å². The van der Waals surface area contributed by atoms with Gasteiger partial charge >= 0.3 is 5.97 Å². The van der Waals surface area contributed by atoms with Gasteiger partial charge in [-0.15, -0.1) is 11.8 Å². The van der Waals surface area contributed by atoms with Gasteiger partial charge < -0.3 is 20.2 Å². The Morgan fingerprint density at radius 2 is 1.48 bits per heavy atom. The van der Waals surface area contributed by atoms with E-state index in [9.17, 15) is 14.4 Å². The molecule has 13 nitrogen and oxygen atoms in total. The van der Waals surface area contributed by atoms with Crippen molar-refractivity contribution in [1.29, 1.82) is 0 Å². The number of aromatic nitrogens is 3. The van der Waals surface area contributed by atoms with Crippen LogP contribution in [0.5, 0.6) is 0 Å². The summed E-state index contributed by atoms with van der Waals surface area (Å²) in [6, 6.07) is 49.1. The zero-order valence-corrected chi connectivity index (χ0v) is 41.0. The molecule has 5 aromatic carbocycles. The Balaban J connectivity index is 1.13. The van der Waals surface area contributed by atoms with E-state index in [2.05, 4.69) is 52.2 Å². The maximum Gasteiger partial charge on any atom is 0.357 e. The fourth-order valence-corrected chi connectivity index (χ4v) is 13.4.